The molecule has 3 nitrogen and oxygen atoms in total. The van der Waals surface area contributed by atoms with Gasteiger partial charge in [-0.3, -0.25) is 0 Å². The topological polar surface area (TPSA) is 46.5 Å². The molecule has 1 aromatic carbocycles. The van der Waals surface area contributed by atoms with Crippen LogP contribution in [0, 0.1) is 0 Å². The summed E-state index contributed by atoms with van der Waals surface area (Å²) in [7, 11) is 0.494. The summed E-state index contributed by atoms with van der Waals surface area (Å²) in [5.74, 6) is -0.970. The van der Waals surface area contributed by atoms with Gasteiger partial charge in [0.2, 0.25) is 10.5 Å². The molecule has 0 saturated carbocycles. The molecule has 68 valence electrons. The van der Waals surface area contributed by atoms with Gasteiger partial charge in [0.15, 0.2) is 0 Å². The highest BCUT2D eigenvalue weighted by Gasteiger charge is 2.08. The van der Waals surface area contributed by atoms with Gasteiger partial charge in [0, 0.05) is 0 Å². The van der Waals surface area contributed by atoms with Crippen molar-refractivity contribution in [3.05, 3.63) is 42.2 Å². The lowest BCUT2D eigenvalue weighted by molar-refractivity contribution is -0.130. The maximum Gasteiger partial charge on any atom is 0.339 e. The zero-order valence-electron chi connectivity index (χ0n) is 7.23. The van der Waals surface area contributed by atoms with Crippen LogP contribution in [0.1, 0.15) is 5.56 Å². The van der Waals surface area contributed by atoms with Crippen molar-refractivity contribution in [2.45, 2.75) is 0 Å². The number of benzene rings is 1. The lowest BCUT2D eigenvalue weighted by Gasteiger charge is -2.01. The quantitative estimate of drug-likeness (QED) is 0.430. The summed E-state index contributed by atoms with van der Waals surface area (Å²) in [5, 5.41) is 8.82. The Morgan fingerprint density at radius 1 is 1.38 bits per heavy atom. The molecule has 0 aliphatic rings. The molecular formula is C9H10O3Si. The third kappa shape index (κ3) is 2.45. The van der Waals surface area contributed by atoms with E-state index in [1.54, 1.807) is 24.3 Å². The molecule has 0 aliphatic carbocycles. The molecule has 0 spiro atoms. The normalized spacial score (nSPS) is 11.2. The van der Waals surface area contributed by atoms with E-state index in [0.29, 0.717) is 16.0 Å². The Bertz CT molecular complexity index is 319. The van der Waals surface area contributed by atoms with Crippen molar-refractivity contribution < 1.29 is 14.3 Å². The molecule has 0 aromatic heterocycles. The van der Waals surface area contributed by atoms with E-state index in [9.17, 15) is 4.79 Å². The second kappa shape index (κ2) is 4.47. The van der Waals surface area contributed by atoms with E-state index in [-0.39, 0.29) is 5.57 Å². The average molecular weight is 194 g/mol. The van der Waals surface area contributed by atoms with E-state index in [1.807, 2.05) is 6.07 Å². The number of aliphatic carboxylic acids is 1. The highest BCUT2D eigenvalue weighted by Crippen LogP contribution is 2.13. The molecule has 4 heteroatoms. The van der Waals surface area contributed by atoms with Crippen LogP contribution in [-0.4, -0.2) is 21.6 Å². The van der Waals surface area contributed by atoms with Crippen LogP contribution in [0.25, 0.3) is 5.57 Å². The van der Waals surface area contributed by atoms with Crippen LogP contribution in [0.4, 0.5) is 0 Å². The second-order valence-electron chi connectivity index (χ2n) is 2.44. The Hall–Kier alpha value is -1.55. The van der Waals surface area contributed by atoms with Crippen molar-refractivity contribution >= 4 is 22.0 Å². The Kier molecular flexibility index (Phi) is 3.28. The van der Waals surface area contributed by atoms with Gasteiger partial charge in [0.25, 0.3) is 0 Å². The monoisotopic (exact) mass is 194 g/mol. The van der Waals surface area contributed by atoms with Gasteiger partial charge in [0.05, 0.1) is 11.8 Å². The summed E-state index contributed by atoms with van der Waals surface area (Å²) in [5.41, 5.74) is 0.849. The summed E-state index contributed by atoms with van der Waals surface area (Å²) >= 11 is 0. The number of hydrogen-bond acceptors (Lipinski definition) is 2. The van der Waals surface area contributed by atoms with Gasteiger partial charge in [-0.05, 0) is 5.56 Å². The molecule has 0 heterocycles. The first kappa shape index (κ1) is 9.53. The molecule has 0 fully saturated rings. The predicted molar refractivity (Wildman–Crippen MR) is 53.1 cm³/mol. The molecule has 0 aliphatic heterocycles. The fourth-order valence-corrected chi connectivity index (χ4v) is 1.21. The molecule has 0 bridgehead atoms. The first-order valence-corrected chi connectivity index (χ1v) is 4.59. The van der Waals surface area contributed by atoms with Crippen LogP contribution in [0.2, 0.25) is 0 Å². The number of carboxylic acids is 1. The number of carboxylic acid groups (broad SMARTS) is 1. The highest BCUT2D eigenvalue weighted by atomic mass is 28.2. The maximum absolute atomic E-state index is 10.8. The van der Waals surface area contributed by atoms with Crippen LogP contribution in [0.15, 0.2) is 36.6 Å². The van der Waals surface area contributed by atoms with E-state index >= 15 is 0 Å². The van der Waals surface area contributed by atoms with Crippen LogP contribution >= 0.6 is 0 Å². The van der Waals surface area contributed by atoms with Gasteiger partial charge in [-0.25, -0.2) is 4.79 Å². The van der Waals surface area contributed by atoms with E-state index in [2.05, 4.69) is 0 Å². The number of rotatable bonds is 3. The third-order valence-electron chi connectivity index (χ3n) is 1.55. The summed E-state index contributed by atoms with van der Waals surface area (Å²) in [6.45, 7) is 0. The zero-order valence-corrected chi connectivity index (χ0v) is 9.23. The SMILES string of the molecule is O=C(O)C(=CO[SiH3])c1ccccc1. The summed E-state index contributed by atoms with van der Waals surface area (Å²) in [4.78, 5) is 10.8. The lowest BCUT2D eigenvalue weighted by Crippen LogP contribution is -1.99. The lowest BCUT2D eigenvalue weighted by atomic mass is 10.1. The van der Waals surface area contributed by atoms with Gasteiger partial charge in [-0.1, -0.05) is 30.3 Å². The first-order valence-electron chi connectivity index (χ1n) is 3.77. The Morgan fingerprint density at radius 3 is 2.46 bits per heavy atom. The minimum atomic E-state index is -0.970. The average Bonchev–Trinajstić information content (AvgIpc) is 2.15. The van der Waals surface area contributed by atoms with E-state index in [4.69, 9.17) is 9.53 Å². The summed E-state index contributed by atoms with van der Waals surface area (Å²) < 4.78 is 4.82. The minimum Gasteiger partial charge on any atom is -0.558 e. The smallest absolute Gasteiger partial charge is 0.339 e. The van der Waals surface area contributed by atoms with Gasteiger partial charge < -0.3 is 9.53 Å². The molecule has 0 saturated heterocycles. The van der Waals surface area contributed by atoms with Crippen LogP contribution in [0.5, 0.6) is 0 Å². The van der Waals surface area contributed by atoms with E-state index in [0.717, 1.165) is 0 Å². The maximum atomic E-state index is 10.8. The van der Waals surface area contributed by atoms with Gasteiger partial charge in [-0.15, -0.1) is 0 Å². The standard InChI is InChI=1S/C9H10O3Si/c10-9(11)8(6-12-13)7-4-2-1-3-5-7/h1-6H,13H3,(H,10,11). The van der Waals surface area contributed by atoms with Crippen LogP contribution in [-0.2, 0) is 9.22 Å². The van der Waals surface area contributed by atoms with Crippen molar-refractivity contribution in [2.24, 2.45) is 0 Å². The minimum absolute atomic E-state index is 0.190. The Balaban J connectivity index is 3.03. The van der Waals surface area contributed by atoms with Gasteiger partial charge in [0.1, 0.15) is 0 Å². The summed E-state index contributed by atoms with van der Waals surface area (Å²) in [6, 6.07) is 8.89. The van der Waals surface area contributed by atoms with Crippen molar-refractivity contribution in [1.29, 1.82) is 0 Å². The fourth-order valence-electron chi connectivity index (χ4n) is 0.977. The predicted octanol–water partition coefficient (Wildman–Crippen LogP) is 0.409. The van der Waals surface area contributed by atoms with Crippen LogP contribution < -0.4 is 0 Å². The van der Waals surface area contributed by atoms with Gasteiger partial charge >= 0.3 is 5.97 Å². The van der Waals surface area contributed by atoms with Gasteiger partial charge in [-0.2, -0.15) is 0 Å². The molecule has 13 heavy (non-hydrogen) atoms. The van der Waals surface area contributed by atoms with Crippen molar-refractivity contribution in [2.75, 3.05) is 0 Å². The highest BCUT2D eigenvalue weighted by molar-refractivity contribution is 6.15. The molecule has 1 rings (SSSR count). The van der Waals surface area contributed by atoms with E-state index in [1.165, 1.54) is 6.26 Å². The second-order valence-corrected chi connectivity index (χ2v) is 2.91. The number of hydrogen-bond donors (Lipinski definition) is 1. The molecule has 0 amide bonds. The fraction of sp³-hybridized carbons (Fsp3) is 0. The zero-order chi connectivity index (χ0) is 9.68. The van der Waals surface area contributed by atoms with E-state index < -0.39 is 5.97 Å². The molecular weight excluding hydrogens is 184 g/mol. The summed E-state index contributed by atoms with van der Waals surface area (Å²) in [6.07, 6.45) is 1.28. The van der Waals surface area contributed by atoms with Crippen molar-refractivity contribution in [1.82, 2.24) is 0 Å². The van der Waals surface area contributed by atoms with Crippen LogP contribution in [0.3, 0.4) is 0 Å². The first-order chi connectivity index (χ1) is 6.25. The molecule has 0 unspecified atom stereocenters. The van der Waals surface area contributed by atoms with Crippen molar-refractivity contribution in [3.8, 4) is 0 Å². The molecule has 1 aromatic rings. The molecule has 1 N–H and O–H groups in total. The number of carbonyl (C=O) groups is 1. The molecule has 0 radical (unpaired) electrons. The third-order valence-corrected chi connectivity index (χ3v) is 1.79. The van der Waals surface area contributed by atoms with Crippen molar-refractivity contribution in [3.63, 3.8) is 0 Å². The Morgan fingerprint density at radius 2 is 2.00 bits per heavy atom. The Labute approximate surface area is 79.2 Å². The molecule has 0 atom stereocenters. The largest absolute Gasteiger partial charge is 0.558 e.